The van der Waals surface area contributed by atoms with Crippen molar-refractivity contribution >= 4 is 23.5 Å². The molecule has 2 heterocycles. The summed E-state index contributed by atoms with van der Waals surface area (Å²) in [6.45, 7) is 0.865. The molecule has 0 unspecified atom stereocenters. The first-order valence-electron chi connectivity index (χ1n) is 6.15. The summed E-state index contributed by atoms with van der Waals surface area (Å²) in [6.07, 6.45) is 0.0342. The van der Waals surface area contributed by atoms with Gasteiger partial charge < -0.3 is 10.2 Å². The lowest BCUT2D eigenvalue weighted by molar-refractivity contribution is -0.133. The van der Waals surface area contributed by atoms with Crippen LogP contribution in [-0.4, -0.2) is 41.9 Å². The van der Waals surface area contributed by atoms with E-state index in [1.165, 1.54) is 4.90 Å². The third kappa shape index (κ3) is 1.85. The van der Waals surface area contributed by atoms with E-state index < -0.39 is 12.1 Å². The quantitative estimate of drug-likeness (QED) is 0.791. The first-order chi connectivity index (χ1) is 9.18. The van der Waals surface area contributed by atoms with E-state index in [2.05, 4.69) is 5.32 Å². The molecule has 0 aromatic heterocycles. The molecule has 4 amide bonds. The zero-order valence-corrected chi connectivity index (χ0v) is 10.2. The second-order valence-corrected chi connectivity index (χ2v) is 4.55. The van der Waals surface area contributed by atoms with Gasteiger partial charge >= 0.3 is 6.03 Å². The van der Waals surface area contributed by atoms with Crippen molar-refractivity contribution in [1.82, 2.24) is 10.2 Å². The lowest BCUT2D eigenvalue weighted by Gasteiger charge is -2.41. The number of fused-ring (bicyclic) bond motifs is 1. The fourth-order valence-corrected chi connectivity index (χ4v) is 2.47. The predicted octanol–water partition coefficient (Wildman–Crippen LogP) is 0.344. The van der Waals surface area contributed by atoms with Gasteiger partial charge in [0.25, 0.3) is 0 Å². The van der Waals surface area contributed by atoms with E-state index in [4.69, 9.17) is 0 Å². The molecule has 0 bridgehead atoms. The Kier molecular flexibility index (Phi) is 2.70. The molecule has 1 N–H and O–H groups in total. The zero-order valence-electron chi connectivity index (χ0n) is 10.2. The molecule has 2 saturated heterocycles. The fourth-order valence-electron chi connectivity index (χ4n) is 2.47. The van der Waals surface area contributed by atoms with E-state index in [-0.39, 0.29) is 18.2 Å². The van der Waals surface area contributed by atoms with Gasteiger partial charge in [-0.1, -0.05) is 18.2 Å². The van der Waals surface area contributed by atoms with Gasteiger partial charge in [-0.3, -0.25) is 9.59 Å². The van der Waals surface area contributed by atoms with E-state index in [1.54, 1.807) is 24.3 Å². The van der Waals surface area contributed by atoms with Gasteiger partial charge in [0, 0.05) is 13.1 Å². The third-order valence-electron chi connectivity index (χ3n) is 3.40. The van der Waals surface area contributed by atoms with Crippen LogP contribution in [0.4, 0.5) is 10.5 Å². The number of benzene rings is 1. The summed E-state index contributed by atoms with van der Waals surface area (Å²) in [4.78, 5) is 38.8. The minimum atomic E-state index is -0.659. The normalized spacial score (nSPS) is 23.2. The average molecular weight is 259 g/mol. The molecule has 0 aliphatic carbocycles. The van der Waals surface area contributed by atoms with Crippen molar-refractivity contribution in [3.8, 4) is 0 Å². The van der Waals surface area contributed by atoms with Crippen LogP contribution in [0.2, 0.25) is 0 Å². The number of carbonyl (C=O) groups is 3. The van der Waals surface area contributed by atoms with Crippen LogP contribution in [0.15, 0.2) is 30.3 Å². The highest BCUT2D eigenvalue weighted by molar-refractivity contribution is 6.18. The van der Waals surface area contributed by atoms with Crippen molar-refractivity contribution in [3.63, 3.8) is 0 Å². The summed E-state index contributed by atoms with van der Waals surface area (Å²) >= 11 is 0. The lowest BCUT2D eigenvalue weighted by Crippen LogP contribution is -2.65. The number of piperazine rings is 1. The lowest BCUT2D eigenvalue weighted by atomic mass is 10.0. The fraction of sp³-hybridized carbons (Fsp3) is 0.308. The van der Waals surface area contributed by atoms with Gasteiger partial charge in [0.2, 0.25) is 11.8 Å². The highest BCUT2D eigenvalue weighted by Crippen LogP contribution is 2.25. The van der Waals surface area contributed by atoms with Crippen molar-refractivity contribution in [1.29, 1.82) is 0 Å². The zero-order chi connectivity index (χ0) is 13.4. The third-order valence-corrected chi connectivity index (χ3v) is 3.40. The maximum absolute atomic E-state index is 12.4. The van der Waals surface area contributed by atoms with Gasteiger partial charge in [-0.2, -0.15) is 0 Å². The van der Waals surface area contributed by atoms with Crippen LogP contribution < -0.4 is 10.2 Å². The van der Waals surface area contributed by atoms with E-state index in [1.807, 2.05) is 6.07 Å². The topological polar surface area (TPSA) is 69.7 Å². The highest BCUT2D eigenvalue weighted by Gasteiger charge is 2.44. The van der Waals surface area contributed by atoms with Crippen LogP contribution >= 0.6 is 0 Å². The standard InChI is InChI=1S/C13H13N3O3/c17-11-8-10-12(18)14-6-7-15(10)13(19)16(11)9-4-2-1-3-5-9/h1-5,10H,6-8H2,(H,14,18)/t10-/m1/s1. The van der Waals surface area contributed by atoms with Gasteiger partial charge in [0.15, 0.2) is 0 Å². The number of anilines is 1. The number of amides is 4. The Morgan fingerprint density at radius 2 is 1.84 bits per heavy atom. The monoisotopic (exact) mass is 259 g/mol. The van der Waals surface area contributed by atoms with Crippen LogP contribution in [0.5, 0.6) is 0 Å². The molecule has 1 aromatic rings. The van der Waals surface area contributed by atoms with Gasteiger partial charge in [0.05, 0.1) is 12.1 Å². The van der Waals surface area contributed by atoms with Crippen molar-refractivity contribution in [3.05, 3.63) is 30.3 Å². The van der Waals surface area contributed by atoms with Crippen molar-refractivity contribution in [2.45, 2.75) is 12.5 Å². The minimum absolute atomic E-state index is 0.0342. The number of rotatable bonds is 1. The molecule has 1 atom stereocenters. The average Bonchev–Trinajstić information content (AvgIpc) is 2.41. The number of imide groups is 1. The molecule has 0 saturated carbocycles. The summed E-state index contributed by atoms with van der Waals surface area (Å²) in [5.74, 6) is -0.588. The molecule has 2 aliphatic heterocycles. The van der Waals surface area contributed by atoms with Crippen LogP contribution in [-0.2, 0) is 9.59 Å². The number of urea groups is 1. The summed E-state index contributed by atoms with van der Waals surface area (Å²) in [5, 5.41) is 2.67. The molecule has 2 fully saturated rings. The first-order valence-corrected chi connectivity index (χ1v) is 6.15. The molecule has 19 heavy (non-hydrogen) atoms. The Balaban J connectivity index is 1.94. The van der Waals surface area contributed by atoms with Crippen LogP contribution in [0.1, 0.15) is 6.42 Å². The van der Waals surface area contributed by atoms with Crippen molar-refractivity contribution in [2.75, 3.05) is 18.0 Å². The van der Waals surface area contributed by atoms with E-state index in [0.717, 1.165) is 4.90 Å². The van der Waals surface area contributed by atoms with E-state index in [9.17, 15) is 14.4 Å². The van der Waals surface area contributed by atoms with Gasteiger partial charge in [-0.15, -0.1) is 0 Å². The van der Waals surface area contributed by atoms with Gasteiger partial charge in [-0.05, 0) is 12.1 Å². The number of para-hydroxylation sites is 1. The number of hydrogen-bond donors (Lipinski definition) is 1. The second-order valence-electron chi connectivity index (χ2n) is 4.55. The highest BCUT2D eigenvalue weighted by atomic mass is 16.2. The smallest absolute Gasteiger partial charge is 0.332 e. The Morgan fingerprint density at radius 1 is 1.11 bits per heavy atom. The second kappa shape index (κ2) is 4.38. The number of carbonyl (C=O) groups excluding carboxylic acids is 3. The summed E-state index contributed by atoms with van der Waals surface area (Å²) in [6, 6.07) is 7.70. The Bertz CT molecular complexity index is 543. The maximum atomic E-state index is 12.4. The van der Waals surface area contributed by atoms with Crippen LogP contribution in [0.3, 0.4) is 0 Å². The van der Waals surface area contributed by atoms with Crippen molar-refractivity contribution < 1.29 is 14.4 Å². The minimum Gasteiger partial charge on any atom is -0.353 e. The van der Waals surface area contributed by atoms with Gasteiger partial charge in [0.1, 0.15) is 6.04 Å². The largest absolute Gasteiger partial charge is 0.353 e. The molecule has 6 nitrogen and oxygen atoms in total. The molecular weight excluding hydrogens is 246 g/mol. The molecule has 1 aromatic carbocycles. The van der Waals surface area contributed by atoms with Gasteiger partial charge in [-0.25, -0.2) is 9.69 Å². The molecule has 6 heteroatoms. The molecule has 0 spiro atoms. The number of nitrogens with zero attached hydrogens (tertiary/aromatic N) is 2. The Morgan fingerprint density at radius 3 is 2.58 bits per heavy atom. The molecule has 3 rings (SSSR count). The SMILES string of the molecule is O=C1NCCN2C(=O)N(c3ccccc3)C(=O)C[C@H]12. The maximum Gasteiger partial charge on any atom is 0.332 e. The Hall–Kier alpha value is -2.37. The molecule has 0 radical (unpaired) electrons. The first kappa shape index (κ1) is 11.7. The summed E-state index contributed by atoms with van der Waals surface area (Å²) in [5.41, 5.74) is 0.543. The summed E-state index contributed by atoms with van der Waals surface area (Å²) in [7, 11) is 0. The predicted molar refractivity (Wildman–Crippen MR) is 67.4 cm³/mol. The Labute approximate surface area is 110 Å². The van der Waals surface area contributed by atoms with Crippen LogP contribution in [0, 0.1) is 0 Å². The molecule has 2 aliphatic rings. The summed E-state index contributed by atoms with van der Waals surface area (Å²) < 4.78 is 0. The van der Waals surface area contributed by atoms with E-state index >= 15 is 0 Å². The van der Waals surface area contributed by atoms with E-state index in [0.29, 0.717) is 18.8 Å². The van der Waals surface area contributed by atoms with Crippen LogP contribution in [0.25, 0.3) is 0 Å². The van der Waals surface area contributed by atoms with Crippen molar-refractivity contribution in [2.24, 2.45) is 0 Å². The number of nitrogens with one attached hydrogen (secondary N) is 1. The molecule has 98 valence electrons. The molecular formula is C13H13N3O3. The number of hydrogen-bond acceptors (Lipinski definition) is 3.